The molecule has 3 rings (SSSR count). The van der Waals surface area contributed by atoms with Gasteiger partial charge in [-0.2, -0.15) is 0 Å². The van der Waals surface area contributed by atoms with Crippen molar-refractivity contribution in [1.82, 2.24) is 15.5 Å². The molecule has 1 aliphatic carbocycles. The summed E-state index contributed by atoms with van der Waals surface area (Å²) in [5, 5.41) is 6.28. The van der Waals surface area contributed by atoms with Gasteiger partial charge in [0, 0.05) is 50.9 Å². The van der Waals surface area contributed by atoms with Crippen molar-refractivity contribution in [3.63, 3.8) is 0 Å². The molecular weight excluding hydrogens is 460 g/mol. The highest BCUT2D eigenvalue weighted by atomic mass is 127. The largest absolute Gasteiger partial charge is 0.368 e. The Hall–Kier alpha value is -1.58. The number of nitrogens with zero attached hydrogens (tertiary/aromatic N) is 3. The maximum Gasteiger partial charge on any atom is 0.223 e. The van der Waals surface area contributed by atoms with Crippen molar-refractivity contribution in [1.29, 1.82) is 0 Å². The highest BCUT2D eigenvalue weighted by molar-refractivity contribution is 14.0. The molecule has 0 unspecified atom stereocenters. The zero-order valence-electron chi connectivity index (χ0n) is 15.8. The number of hydrogen-bond donors (Lipinski definition) is 2. The van der Waals surface area contributed by atoms with Crippen molar-refractivity contribution >= 4 is 41.5 Å². The first-order valence-corrected chi connectivity index (χ1v) is 9.49. The third kappa shape index (κ3) is 6.51. The first kappa shape index (κ1) is 21.7. The van der Waals surface area contributed by atoms with Gasteiger partial charge in [0.05, 0.1) is 6.54 Å². The van der Waals surface area contributed by atoms with Crippen molar-refractivity contribution in [2.24, 2.45) is 10.9 Å². The molecule has 0 bridgehead atoms. The average Bonchev–Trinajstić information content (AvgIpc) is 3.50. The summed E-state index contributed by atoms with van der Waals surface area (Å²) in [6.45, 7) is 7.49. The van der Waals surface area contributed by atoms with E-state index in [0.717, 1.165) is 57.2 Å². The summed E-state index contributed by atoms with van der Waals surface area (Å²) in [6.07, 6.45) is 2.05. The molecule has 1 heterocycles. The van der Waals surface area contributed by atoms with Crippen molar-refractivity contribution in [2.75, 3.05) is 50.7 Å². The number of halogens is 2. The summed E-state index contributed by atoms with van der Waals surface area (Å²) in [4.78, 5) is 20.8. The van der Waals surface area contributed by atoms with Gasteiger partial charge in [-0.25, -0.2) is 4.39 Å². The molecule has 1 aliphatic heterocycles. The Morgan fingerprint density at radius 2 is 1.81 bits per heavy atom. The maximum absolute atomic E-state index is 13.1. The topological polar surface area (TPSA) is 60.0 Å². The number of benzene rings is 1. The lowest BCUT2D eigenvalue weighted by atomic mass is 10.2. The second-order valence-corrected chi connectivity index (χ2v) is 6.75. The predicted molar refractivity (Wildman–Crippen MR) is 117 cm³/mol. The van der Waals surface area contributed by atoms with E-state index in [2.05, 4.69) is 32.3 Å². The number of guanidine groups is 1. The molecule has 150 valence electrons. The molecule has 1 aromatic carbocycles. The van der Waals surface area contributed by atoms with Gasteiger partial charge in [0.2, 0.25) is 5.91 Å². The number of hydrogen-bond acceptors (Lipinski definition) is 3. The quantitative estimate of drug-likeness (QED) is 0.278. The molecule has 0 spiro atoms. The van der Waals surface area contributed by atoms with Crippen LogP contribution in [0.25, 0.3) is 0 Å². The Morgan fingerprint density at radius 3 is 2.41 bits per heavy atom. The molecule has 6 nitrogen and oxygen atoms in total. The molecule has 1 saturated carbocycles. The highest BCUT2D eigenvalue weighted by Crippen LogP contribution is 2.28. The normalized spacial score (nSPS) is 17.3. The van der Waals surface area contributed by atoms with Gasteiger partial charge in [0.15, 0.2) is 5.96 Å². The van der Waals surface area contributed by atoms with Gasteiger partial charge >= 0.3 is 0 Å². The minimum absolute atomic E-state index is 0. The lowest BCUT2D eigenvalue weighted by molar-refractivity contribution is -0.122. The van der Waals surface area contributed by atoms with E-state index in [9.17, 15) is 9.18 Å². The first-order chi connectivity index (χ1) is 12.7. The van der Waals surface area contributed by atoms with E-state index in [1.54, 1.807) is 0 Å². The van der Waals surface area contributed by atoms with Crippen LogP contribution in [0.5, 0.6) is 0 Å². The maximum atomic E-state index is 13.1. The monoisotopic (exact) mass is 489 g/mol. The fraction of sp³-hybridized carbons (Fsp3) is 0.579. The van der Waals surface area contributed by atoms with Crippen LogP contribution in [0.4, 0.5) is 10.1 Å². The lowest BCUT2D eigenvalue weighted by Gasteiger charge is -2.37. The number of carbonyl (C=O) groups is 1. The molecule has 1 amide bonds. The molecule has 1 saturated heterocycles. The SMILES string of the molecule is CCNC(=NCCNC(=O)C1CC1)N1CCN(c2ccc(F)cc2)CC1.I. The first-order valence-electron chi connectivity index (χ1n) is 9.49. The average molecular weight is 489 g/mol. The van der Waals surface area contributed by atoms with Crippen molar-refractivity contribution in [3.05, 3.63) is 30.1 Å². The van der Waals surface area contributed by atoms with Gasteiger partial charge in [-0.15, -0.1) is 24.0 Å². The number of anilines is 1. The zero-order chi connectivity index (χ0) is 18.4. The number of amides is 1. The molecule has 2 aliphatic rings. The van der Waals surface area contributed by atoms with E-state index in [0.29, 0.717) is 13.1 Å². The van der Waals surface area contributed by atoms with Crippen molar-refractivity contribution in [2.45, 2.75) is 19.8 Å². The Morgan fingerprint density at radius 1 is 1.15 bits per heavy atom. The van der Waals surface area contributed by atoms with Crippen molar-refractivity contribution in [3.8, 4) is 0 Å². The number of piperazine rings is 1. The molecular formula is C19H29FIN5O. The van der Waals surface area contributed by atoms with Crippen LogP contribution in [0.3, 0.4) is 0 Å². The molecule has 0 aromatic heterocycles. The van der Waals surface area contributed by atoms with Crippen LogP contribution < -0.4 is 15.5 Å². The fourth-order valence-corrected chi connectivity index (χ4v) is 3.08. The van der Waals surface area contributed by atoms with Crippen molar-refractivity contribution < 1.29 is 9.18 Å². The Bertz CT molecular complexity index is 627. The molecule has 2 N–H and O–H groups in total. The summed E-state index contributed by atoms with van der Waals surface area (Å²) in [6, 6.07) is 6.66. The Kier molecular flexibility index (Phi) is 8.59. The van der Waals surface area contributed by atoms with Gasteiger partial charge in [-0.1, -0.05) is 0 Å². The second kappa shape index (κ2) is 10.7. The summed E-state index contributed by atoms with van der Waals surface area (Å²) in [7, 11) is 0. The molecule has 2 fully saturated rings. The van der Waals surface area contributed by atoms with E-state index in [4.69, 9.17) is 0 Å². The number of nitrogens with one attached hydrogen (secondary N) is 2. The number of rotatable bonds is 6. The van der Waals surface area contributed by atoms with Crippen LogP contribution in [0.15, 0.2) is 29.3 Å². The second-order valence-electron chi connectivity index (χ2n) is 6.75. The van der Waals surface area contributed by atoms with E-state index in [-0.39, 0.29) is 41.6 Å². The van der Waals surface area contributed by atoms with E-state index in [1.807, 2.05) is 12.1 Å². The molecule has 27 heavy (non-hydrogen) atoms. The third-order valence-corrected chi connectivity index (χ3v) is 4.73. The Balaban J connectivity index is 0.00000261. The van der Waals surface area contributed by atoms with Crippen LogP contribution in [0.2, 0.25) is 0 Å². The van der Waals surface area contributed by atoms with Gasteiger partial charge in [-0.3, -0.25) is 9.79 Å². The summed E-state index contributed by atoms with van der Waals surface area (Å²) >= 11 is 0. The number of carbonyl (C=O) groups excluding carboxylic acids is 1. The van der Waals surface area contributed by atoms with Crippen LogP contribution in [0, 0.1) is 11.7 Å². The third-order valence-electron chi connectivity index (χ3n) is 4.73. The van der Waals surface area contributed by atoms with Gasteiger partial charge in [0.25, 0.3) is 0 Å². The summed E-state index contributed by atoms with van der Waals surface area (Å²) < 4.78 is 13.1. The number of aliphatic imine (C=N–C) groups is 1. The fourth-order valence-electron chi connectivity index (χ4n) is 3.08. The summed E-state index contributed by atoms with van der Waals surface area (Å²) in [5.74, 6) is 1.10. The molecule has 8 heteroatoms. The molecule has 0 radical (unpaired) electrons. The van der Waals surface area contributed by atoms with Gasteiger partial charge < -0.3 is 20.4 Å². The standard InChI is InChI=1S/C19H28FN5O.HI/c1-2-21-19(23-10-9-22-18(26)15-3-4-15)25-13-11-24(12-14-25)17-7-5-16(20)6-8-17;/h5-8,15H,2-4,9-14H2,1H3,(H,21,23)(H,22,26);1H. The minimum atomic E-state index is -0.206. The molecule has 1 aromatic rings. The van der Waals surface area contributed by atoms with Gasteiger partial charge in [0.1, 0.15) is 5.82 Å². The van der Waals surface area contributed by atoms with E-state index >= 15 is 0 Å². The smallest absolute Gasteiger partial charge is 0.223 e. The van der Waals surface area contributed by atoms with Crippen LogP contribution in [-0.2, 0) is 4.79 Å². The molecule has 0 atom stereocenters. The zero-order valence-corrected chi connectivity index (χ0v) is 18.1. The summed E-state index contributed by atoms with van der Waals surface area (Å²) in [5.41, 5.74) is 1.05. The van der Waals surface area contributed by atoms with Crippen LogP contribution >= 0.6 is 24.0 Å². The Labute approximate surface area is 177 Å². The highest BCUT2D eigenvalue weighted by Gasteiger charge is 2.29. The van der Waals surface area contributed by atoms with E-state index < -0.39 is 0 Å². The van der Waals surface area contributed by atoms with Crippen LogP contribution in [-0.4, -0.2) is 62.6 Å². The lowest BCUT2D eigenvalue weighted by Crippen LogP contribution is -2.52. The minimum Gasteiger partial charge on any atom is -0.368 e. The van der Waals surface area contributed by atoms with Gasteiger partial charge in [-0.05, 0) is 44.0 Å². The van der Waals surface area contributed by atoms with Crippen LogP contribution in [0.1, 0.15) is 19.8 Å². The predicted octanol–water partition coefficient (Wildman–Crippen LogP) is 2.06. The van der Waals surface area contributed by atoms with E-state index in [1.165, 1.54) is 12.1 Å².